The summed E-state index contributed by atoms with van der Waals surface area (Å²) < 4.78 is 0. The van der Waals surface area contributed by atoms with Gasteiger partial charge in [0.05, 0.1) is 5.56 Å². The average Bonchev–Trinajstić information content (AvgIpc) is 2.28. The minimum Gasteiger partial charge on any atom is -0.508 e. The lowest BCUT2D eigenvalue weighted by molar-refractivity contribution is 0.0697. The van der Waals surface area contributed by atoms with Gasteiger partial charge in [0.25, 0.3) is 0 Å². The molecular weight excluding hydrogens is 250 g/mol. The Morgan fingerprint density at radius 2 is 1.21 bits per heavy atom. The summed E-state index contributed by atoms with van der Waals surface area (Å²) in [6.45, 7) is 0. The van der Waals surface area contributed by atoms with E-state index in [0.29, 0.717) is 5.69 Å². The number of carboxylic acids is 1. The molecule has 0 aliphatic heterocycles. The molecule has 0 unspecified atom stereocenters. The maximum absolute atomic E-state index is 10.3. The molecule has 0 aliphatic carbocycles. The fourth-order valence-corrected chi connectivity index (χ4v) is 1.21. The standard InChI is InChI=1S/C7H7NO2.C6H6O3/c8-6-3-1-5(2-4-6)7(9)10;7-4-1-5(8)3-6(9)2-4/h1-4H,8H2,(H,9,10);1-3,7-9H. The zero-order chi connectivity index (χ0) is 14.4. The molecule has 6 N–H and O–H groups in total. The summed E-state index contributed by atoms with van der Waals surface area (Å²) in [4.78, 5) is 10.3. The zero-order valence-electron chi connectivity index (χ0n) is 9.82. The minimum absolute atomic E-state index is 0.146. The van der Waals surface area contributed by atoms with Gasteiger partial charge in [-0.05, 0) is 24.3 Å². The first kappa shape index (κ1) is 14.2. The molecule has 2 rings (SSSR count). The zero-order valence-corrected chi connectivity index (χ0v) is 9.82. The van der Waals surface area contributed by atoms with E-state index in [4.69, 9.17) is 26.2 Å². The van der Waals surface area contributed by atoms with E-state index in [2.05, 4.69) is 0 Å². The van der Waals surface area contributed by atoms with E-state index >= 15 is 0 Å². The van der Waals surface area contributed by atoms with E-state index in [1.165, 1.54) is 12.1 Å². The Hall–Kier alpha value is -2.89. The van der Waals surface area contributed by atoms with Gasteiger partial charge in [0, 0.05) is 23.9 Å². The van der Waals surface area contributed by atoms with Crippen molar-refractivity contribution in [2.45, 2.75) is 0 Å². The molecule has 0 heterocycles. The number of nitrogens with two attached hydrogens (primary N) is 1. The molecule has 0 amide bonds. The summed E-state index contributed by atoms with van der Waals surface area (Å²) in [7, 11) is 0. The van der Waals surface area contributed by atoms with Crippen LogP contribution in [0.15, 0.2) is 42.5 Å². The van der Waals surface area contributed by atoms with Crippen LogP contribution in [0.4, 0.5) is 5.69 Å². The number of hydrogen-bond donors (Lipinski definition) is 5. The fourth-order valence-electron chi connectivity index (χ4n) is 1.21. The first-order valence-corrected chi connectivity index (χ1v) is 5.19. The van der Waals surface area contributed by atoms with Gasteiger partial charge < -0.3 is 26.2 Å². The highest BCUT2D eigenvalue weighted by Gasteiger charge is 1.98. The van der Waals surface area contributed by atoms with E-state index in [9.17, 15) is 4.79 Å². The molecule has 19 heavy (non-hydrogen) atoms. The highest BCUT2D eigenvalue weighted by molar-refractivity contribution is 5.87. The molecule has 0 saturated heterocycles. The van der Waals surface area contributed by atoms with E-state index in [-0.39, 0.29) is 22.8 Å². The average molecular weight is 263 g/mol. The Balaban J connectivity index is 0.000000191. The number of nitrogen functional groups attached to an aromatic ring is 1. The number of hydrogen-bond acceptors (Lipinski definition) is 5. The Kier molecular flexibility index (Phi) is 4.59. The number of aromatic hydroxyl groups is 3. The summed E-state index contributed by atoms with van der Waals surface area (Å²) >= 11 is 0. The number of anilines is 1. The molecule has 0 fully saturated rings. The van der Waals surface area contributed by atoms with Crippen molar-refractivity contribution in [3.63, 3.8) is 0 Å². The monoisotopic (exact) mass is 263 g/mol. The van der Waals surface area contributed by atoms with Crippen LogP contribution in [0.5, 0.6) is 17.2 Å². The van der Waals surface area contributed by atoms with Gasteiger partial charge in [0.1, 0.15) is 17.2 Å². The highest BCUT2D eigenvalue weighted by atomic mass is 16.4. The number of carbonyl (C=O) groups is 1. The number of phenols is 3. The normalized spacial score (nSPS) is 9.26. The molecule has 0 radical (unpaired) electrons. The van der Waals surface area contributed by atoms with Gasteiger partial charge in [-0.25, -0.2) is 4.79 Å². The molecule has 6 heteroatoms. The molecule has 6 nitrogen and oxygen atoms in total. The third-order valence-corrected chi connectivity index (χ3v) is 2.04. The predicted molar refractivity (Wildman–Crippen MR) is 69.3 cm³/mol. The first-order valence-electron chi connectivity index (χ1n) is 5.19. The van der Waals surface area contributed by atoms with Crippen molar-refractivity contribution in [3.05, 3.63) is 48.0 Å². The van der Waals surface area contributed by atoms with Gasteiger partial charge in [-0.15, -0.1) is 0 Å². The van der Waals surface area contributed by atoms with E-state index in [0.717, 1.165) is 18.2 Å². The smallest absolute Gasteiger partial charge is 0.335 e. The van der Waals surface area contributed by atoms with Crippen LogP contribution in [-0.4, -0.2) is 26.4 Å². The molecule has 0 aromatic heterocycles. The van der Waals surface area contributed by atoms with Crippen molar-refractivity contribution in [3.8, 4) is 17.2 Å². The minimum atomic E-state index is -0.931. The second kappa shape index (κ2) is 6.15. The maximum Gasteiger partial charge on any atom is 0.335 e. The predicted octanol–water partition coefficient (Wildman–Crippen LogP) is 1.77. The van der Waals surface area contributed by atoms with Crippen LogP contribution >= 0.6 is 0 Å². The van der Waals surface area contributed by atoms with Gasteiger partial charge in [0.15, 0.2) is 0 Å². The van der Waals surface area contributed by atoms with Crippen molar-refractivity contribution in [2.24, 2.45) is 0 Å². The summed E-state index contributed by atoms with van der Waals surface area (Å²) in [5, 5.41) is 34.5. The maximum atomic E-state index is 10.3. The highest BCUT2D eigenvalue weighted by Crippen LogP contribution is 2.23. The van der Waals surface area contributed by atoms with Crippen LogP contribution in [0.2, 0.25) is 0 Å². The van der Waals surface area contributed by atoms with Gasteiger partial charge >= 0.3 is 5.97 Å². The number of aromatic carboxylic acids is 1. The largest absolute Gasteiger partial charge is 0.508 e. The molecule has 0 spiro atoms. The Morgan fingerprint density at radius 3 is 1.53 bits per heavy atom. The third kappa shape index (κ3) is 4.86. The number of rotatable bonds is 1. The van der Waals surface area contributed by atoms with Crippen molar-refractivity contribution in [1.29, 1.82) is 0 Å². The van der Waals surface area contributed by atoms with Crippen LogP contribution in [0, 0.1) is 0 Å². The van der Waals surface area contributed by atoms with E-state index in [1.54, 1.807) is 12.1 Å². The van der Waals surface area contributed by atoms with Crippen LogP contribution in [0.25, 0.3) is 0 Å². The lowest BCUT2D eigenvalue weighted by Gasteiger charge is -1.94. The van der Waals surface area contributed by atoms with Crippen LogP contribution in [0.3, 0.4) is 0 Å². The molecule has 0 bridgehead atoms. The number of phenolic OH excluding ortho intramolecular Hbond substituents is 3. The molecule has 2 aromatic carbocycles. The van der Waals surface area contributed by atoms with Crippen molar-refractivity contribution in [2.75, 3.05) is 5.73 Å². The summed E-state index contributed by atoms with van der Waals surface area (Å²) in [5.74, 6) is -1.37. The summed E-state index contributed by atoms with van der Waals surface area (Å²) in [6, 6.07) is 9.47. The van der Waals surface area contributed by atoms with Crippen molar-refractivity contribution in [1.82, 2.24) is 0 Å². The molecule has 0 saturated carbocycles. The fraction of sp³-hybridized carbons (Fsp3) is 0. The molecule has 2 aromatic rings. The SMILES string of the molecule is Nc1ccc(C(=O)O)cc1.Oc1cc(O)cc(O)c1. The Labute approximate surface area is 109 Å². The third-order valence-electron chi connectivity index (χ3n) is 2.04. The first-order chi connectivity index (χ1) is 8.88. The number of carboxylic acid groups (broad SMARTS) is 1. The summed E-state index contributed by atoms with van der Waals surface area (Å²) in [5.41, 5.74) is 6.17. The quantitative estimate of drug-likeness (QED) is 0.499. The second-order valence-corrected chi connectivity index (χ2v) is 3.63. The summed E-state index contributed by atoms with van der Waals surface area (Å²) in [6.07, 6.45) is 0. The second-order valence-electron chi connectivity index (χ2n) is 3.63. The number of benzene rings is 2. The topological polar surface area (TPSA) is 124 Å². The molecule has 100 valence electrons. The molecular formula is C13H13NO5. The van der Waals surface area contributed by atoms with Crippen LogP contribution < -0.4 is 5.73 Å². The van der Waals surface area contributed by atoms with Crippen LogP contribution in [-0.2, 0) is 0 Å². The van der Waals surface area contributed by atoms with E-state index in [1.807, 2.05) is 0 Å². The van der Waals surface area contributed by atoms with E-state index < -0.39 is 5.97 Å². The van der Waals surface area contributed by atoms with Gasteiger partial charge in [-0.1, -0.05) is 0 Å². The van der Waals surface area contributed by atoms with Gasteiger partial charge in [-0.3, -0.25) is 0 Å². The van der Waals surface area contributed by atoms with Gasteiger partial charge in [0.2, 0.25) is 0 Å². The van der Waals surface area contributed by atoms with Crippen LogP contribution in [0.1, 0.15) is 10.4 Å². The Bertz CT molecular complexity index is 515. The lowest BCUT2D eigenvalue weighted by atomic mass is 10.2. The molecule has 0 aliphatic rings. The van der Waals surface area contributed by atoms with Crippen molar-refractivity contribution >= 4 is 11.7 Å². The molecule has 0 atom stereocenters. The lowest BCUT2D eigenvalue weighted by Crippen LogP contribution is -1.95. The Morgan fingerprint density at radius 1 is 0.842 bits per heavy atom. The van der Waals surface area contributed by atoms with Gasteiger partial charge in [-0.2, -0.15) is 0 Å². The van der Waals surface area contributed by atoms with Crippen molar-refractivity contribution < 1.29 is 25.2 Å².